The van der Waals surface area contributed by atoms with Gasteiger partial charge in [-0.1, -0.05) is 12.1 Å². The summed E-state index contributed by atoms with van der Waals surface area (Å²) in [4.78, 5) is 9.38. The van der Waals surface area contributed by atoms with Gasteiger partial charge in [-0.05, 0) is 17.7 Å². The number of nitrogens with one attached hydrogen (secondary N) is 1. The van der Waals surface area contributed by atoms with E-state index < -0.39 is 4.92 Å². The summed E-state index contributed by atoms with van der Waals surface area (Å²) < 4.78 is 12.5. The van der Waals surface area contributed by atoms with Gasteiger partial charge in [-0.15, -0.1) is 0 Å². The summed E-state index contributed by atoms with van der Waals surface area (Å²) in [5, 5.41) is 12.6. The molecule has 0 amide bonds. The molecule has 15 heavy (non-hydrogen) atoms. The highest BCUT2D eigenvalue weighted by atomic mass is 19.1. The molecule has 0 fully saturated rings. The second kappa shape index (κ2) is 4.94. The molecule has 0 spiro atoms. The van der Waals surface area contributed by atoms with Gasteiger partial charge in [0.25, 0.3) is 6.20 Å². The fourth-order valence-electron chi connectivity index (χ4n) is 0.966. The third kappa shape index (κ3) is 4.08. The molecule has 0 aliphatic heterocycles. The molecule has 0 saturated carbocycles. The van der Waals surface area contributed by atoms with Crippen molar-refractivity contribution in [2.75, 3.05) is 0 Å². The maximum absolute atomic E-state index is 12.5. The number of hydrogen-bond donors (Lipinski definition) is 2. The van der Waals surface area contributed by atoms with Gasteiger partial charge in [0, 0.05) is 6.54 Å². The van der Waals surface area contributed by atoms with Crippen LogP contribution in [0.15, 0.2) is 36.3 Å². The van der Waals surface area contributed by atoms with Crippen molar-refractivity contribution in [2.24, 2.45) is 5.73 Å². The van der Waals surface area contributed by atoms with Gasteiger partial charge in [0.2, 0.25) is 0 Å². The molecule has 0 heterocycles. The third-order valence-electron chi connectivity index (χ3n) is 1.65. The van der Waals surface area contributed by atoms with Crippen LogP contribution < -0.4 is 11.1 Å². The molecule has 1 aromatic carbocycles. The average Bonchev–Trinajstić information content (AvgIpc) is 2.16. The van der Waals surface area contributed by atoms with E-state index in [0.29, 0.717) is 12.7 Å². The Morgan fingerprint density at radius 1 is 1.53 bits per heavy atom. The van der Waals surface area contributed by atoms with Crippen molar-refractivity contribution in [3.63, 3.8) is 0 Å². The van der Waals surface area contributed by atoms with Crippen molar-refractivity contribution in [1.82, 2.24) is 5.32 Å². The highest BCUT2D eigenvalue weighted by Crippen LogP contribution is 2.02. The van der Waals surface area contributed by atoms with Crippen LogP contribution in [0.2, 0.25) is 0 Å². The number of halogens is 1. The Kier molecular flexibility index (Phi) is 3.61. The van der Waals surface area contributed by atoms with E-state index in [0.717, 1.165) is 5.56 Å². The van der Waals surface area contributed by atoms with Gasteiger partial charge in [0.05, 0.1) is 4.92 Å². The van der Waals surface area contributed by atoms with Crippen LogP contribution in [0.5, 0.6) is 0 Å². The first kappa shape index (κ1) is 11.0. The third-order valence-corrected chi connectivity index (χ3v) is 1.65. The van der Waals surface area contributed by atoms with Gasteiger partial charge in [-0.2, -0.15) is 0 Å². The first-order valence-corrected chi connectivity index (χ1v) is 4.17. The Balaban J connectivity index is 2.50. The maximum Gasteiger partial charge on any atom is 0.273 e. The number of benzene rings is 1. The first-order chi connectivity index (χ1) is 7.08. The van der Waals surface area contributed by atoms with Crippen LogP contribution in [0.3, 0.4) is 0 Å². The van der Waals surface area contributed by atoms with Crippen molar-refractivity contribution in [3.05, 3.63) is 57.8 Å². The van der Waals surface area contributed by atoms with Gasteiger partial charge >= 0.3 is 0 Å². The smallest absolute Gasteiger partial charge is 0.273 e. The summed E-state index contributed by atoms with van der Waals surface area (Å²) in [5.74, 6) is -0.364. The standard InChI is InChI=1S/C9H10FN3O2/c10-8-3-1-7(2-4-8)5-12-9(11)6-13(14)15/h1-4,6,12H,5,11H2/b9-6+. The normalized spacial score (nSPS) is 11.1. The quantitative estimate of drug-likeness (QED) is 0.573. The molecule has 0 atom stereocenters. The van der Waals surface area contributed by atoms with Crippen LogP contribution in [0, 0.1) is 15.9 Å². The minimum absolute atomic E-state index is 0.0377. The molecular weight excluding hydrogens is 201 g/mol. The Morgan fingerprint density at radius 3 is 2.67 bits per heavy atom. The molecule has 0 saturated heterocycles. The second-order valence-electron chi connectivity index (χ2n) is 2.85. The number of nitrogens with zero attached hydrogens (tertiary/aromatic N) is 1. The van der Waals surface area contributed by atoms with E-state index in [2.05, 4.69) is 5.32 Å². The van der Waals surface area contributed by atoms with Crippen molar-refractivity contribution in [1.29, 1.82) is 0 Å². The zero-order valence-electron chi connectivity index (χ0n) is 7.81. The van der Waals surface area contributed by atoms with E-state index in [4.69, 9.17) is 5.73 Å². The monoisotopic (exact) mass is 211 g/mol. The second-order valence-corrected chi connectivity index (χ2v) is 2.85. The molecule has 1 rings (SSSR count). The lowest BCUT2D eigenvalue weighted by atomic mass is 10.2. The average molecular weight is 211 g/mol. The van der Waals surface area contributed by atoms with Gasteiger partial charge in [0.15, 0.2) is 5.82 Å². The SMILES string of the molecule is N/C(=C\[N+](=O)[O-])NCc1ccc(F)cc1. The van der Waals surface area contributed by atoms with E-state index in [9.17, 15) is 14.5 Å². The number of nitro groups is 1. The van der Waals surface area contributed by atoms with Crippen LogP contribution in [0.4, 0.5) is 4.39 Å². The lowest BCUT2D eigenvalue weighted by Gasteiger charge is -2.03. The van der Waals surface area contributed by atoms with Crippen molar-refractivity contribution in [3.8, 4) is 0 Å². The highest BCUT2D eigenvalue weighted by Gasteiger charge is 1.97. The summed E-state index contributed by atoms with van der Waals surface area (Å²) in [5.41, 5.74) is 6.07. The predicted octanol–water partition coefficient (Wildman–Crippen LogP) is 0.950. The van der Waals surface area contributed by atoms with Crippen molar-refractivity contribution in [2.45, 2.75) is 6.54 Å². The van der Waals surface area contributed by atoms with E-state index in [-0.39, 0.29) is 11.6 Å². The largest absolute Gasteiger partial charge is 0.380 e. The van der Waals surface area contributed by atoms with Gasteiger partial charge < -0.3 is 11.1 Å². The van der Waals surface area contributed by atoms with Crippen LogP contribution in [-0.4, -0.2) is 4.92 Å². The van der Waals surface area contributed by atoms with Crippen LogP contribution in [-0.2, 0) is 6.54 Å². The molecule has 5 nitrogen and oxygen atoms in total. The molecule has 6 heteroatoms. The lowest BCUT2D eigenvalue weighted by Crippen LogP contribution is -2.20. The van der Waals surface area contributed by atoms with Crippen molar-refractivity contribution >= 4 is 0 Å². The van der Waals surface area contributed by atoms with Gasteiger partial charge in [-0.3, -0.25) is 10.1 Å². The molecule has 0 unspecified atom stereocenters. The summed E-state index contributed by atoms with van der Waals surface area (Å²) in [7, 11) is 0. The molecule has 80 valence electrons. The van der Waals surface area contributed by atoms with Gasteiger partial charge in [0.1, 0.15) is 5.82 Å². The number of hydrogen-bond acceptors (Lipinski definition) is 4. The summed E-state index contributed by atoms with van der Waals surface area (Å²) in [6.07, 6.45) is 0.670. The van der Waals surface area contributed by atoms with Crippen LogP contribution in [0.25, 0.3) is 0 Å². The summed E-state index contributed by atoms with van der Waals surface area (Å²) >= 11 is 0. The topological polar surface area (TPSA) is 81.2 Å². The van der Waals surface area contributed by atoms with Crippen LogP contribution in [0.1, 0.15) is 5.56 Å². The van der Waals surface area contributed by atoms with E-state index in [1.54, 1.807) is 12.1 Å². The molecule has 0 radical (unpaired) electrons. The Morgan fingerprint density at radius 2 is 2.13 bits per heavy atom. The molecule has 0 aromatic heterocycles. The first-order valence-electron chi connectivity index (χ1n) is 4.17. The van der Waals surface area contributed by atoms with Crippen LogP contribution >= 0.6 is 0 Å². The zero-order valence-corrected chi connectivity index (χ0v) is 7.81. The summed E-state index contributed by atoms with van der Waals surface area (Å²) in [6.45, 7) is 0.316. The lowest BCUT2D eigenvalue weighted by molar-refractivity contribution is -0.403. The van der Waals surface area contributed by atoms with Gasteiger partial charge in [-0.25, -0.2) is 4.39 Å². The maximum atomic E-state index is 12.5. The zero-order chi connectivity index (χ0) is 11.3. The Bertz CT molecular complexity index is 375. The predicted molar refractivity (Wildman–Crippen MR) is 52.5 cm³/mol. The highest BCUT2D eigenvalue weighted by molar-refractivity contribution is 5.16. The number of rotatable bonds is 4. The fourth-order valence-corrected chi connectivity index (χ4v) is 0.966. The molecule has 1 aromatic rings. The van der Waals surface area contributed by atoms with Crippen molar-refractivity contribution < 1.29 is 9.31 Å². The van der Waals surface area contributed by atoms with E-state index in [1.807, 2.05) is 0 Å². The van der Waals surface area contributed by atoms with E-state index in [1.165, 1.54) is 12.1 Å². The van der Waals surface area contributed by atoms with E-state index >= 15 is 0 Å². The summed E-state index contributed by atoms with van der Waals surface area (Å²) in [6, 6.07) is 5.76. The number of nitrogens with two attached hydrogens (primary N) is 1. The molecule has 0 bridgehead atoms. The minimum Gasteiger partial charge on any atom is -0.380 e. The molecule has 0 aliphatic carbocycles. The minimum atomic E-state index is -0.646. The molecular formula is C9H10FN3O2. The molecule has 3 N–H and O–H groups in total. The fraction of sp³-hybridized carbons (Fsp3) is 0.111. The Labute approximate surface area is 85.5 Å². The Hall–Kier alpha value is -2.11. The molecule has 0 aliphatic rings.